The smallest absolute Gasteiger partial charge is 0.311 e. The molecule has 0 fully saturated rings. The first-order chi connectivity index (χ1) is 11.5. The number of aromatic nitrogens is 3. The molecule has 1 aromatic carbocycles. The predicted octanol–water partition coefficient (Wildman–Crippen LogP) is 2.17. The highest BCUT2D eigenvalue weighted by molar-refractivity contribution is 5.93. The van der Waals surface area contributed by atoms with Crippen molar-refractivity contribution in [3.05, 3.63) is 64.2 Å². The van der Waals surface area contributed by atoms with E-state index in [9.17, 15) is 9.59 Å². The van der Waals surface area contributed by atoms with E-state index in [2.05, 4.69) is 11.2 Å². The van der Waals surface area contributed by atoms with Gasteiger partial charge in [0, 0.05) is 18.4 Å². The van der Waals surface area contributed by atoms with Gasteiger partial charge < -0.3 is 4.90 Å². The highest BCUT2D eigenvalue weighted by Crippen LogP contribution is 2.19. The highest BCUT2D eigenvalue weighted by Gasteiger charge is 2.17. The molecule has 6 heteroatoms. The van der Waals surface area contributed by atoms with Crippen molar-refractivity contribution in [2.24, 2.45) is 0 Å². The van der Waals surface area contributed by atoms with Gasteiger partial charge >= 0.3 is 5.69 Å². The third-order valence-electron chi connectivity index (χ3n) is 3.91. The third kappa shape index (κ3) is 2.95. The fourth-order valence-electron chi connectivity index (χ4n) is 2.89. The summed E-state index contributed by atoms with van der Waals surface area (Å²) in [4.78, 5) is 26.7. The number of hydrogen-bond donors (Lipinski definition) is 0. The average Bonchev–Trinajstić information content (AvgIpc) is 2.84. The standard InChI is InChI=1S/C18H20N4O2/c1-4-20(15-10-13(2)9-14(3)11-15)17(23)12-22-18(24)21-8-6-5-7-16(21)19-22/h5-11H,4,12H2,1-3H3. The summed E-state index contributed by atoms with van der Waals surface area (Å²) in [5, 5.41) is 4.22. The van der Waals surface area contributed by atoms with Crippen LogP contribution in [0.3, 0.4) is 0 Å². The Labute approximate surface area is 139 Å². The van der Waals surface area contributed by atoms with Crippen LogP contribution in [0.5, 0.6) is 0 Å². The Morgan fingerprint density at radius 2 is 1.88 bits per heavy atom. The molecule has 24 heavy (non-hydrogen) atoms. The fraction of sp³-hybridized carbons (Fsp3) is 0.278. The summed E-state index contributed by atoms with van der Waals surface area (Å²) in [6.07, 6.45) is 1.65. The lowest BCUT2D eigenvalue weighted by atomic mass is 10.1. The molecule has 2 aromatic heterocycles. The summed E-state index contributed by atoms with van der Waals surface area (Å²) in [7, 11) is 0. The van der Waals surface area contributed by atoms with Crippen LogP contribution in [0.4, 0.5) is 5.69 Å². The minimum absolute atomic E-state index is 0.0820. The Morgan fingerprint density at radius 1 is 1.17 bits per heavy atom. The maximum absolute atomic E-state index is 12.7. The largest absolute Gasteiger partial charge is 0.350 e. The van der Waals surface area contributed by atoms with Crippen LogP contribution < -0.4 is 10.6 Å². The summed E-state index contributed by atoms with van der Waals surface area (Å²) in [6.45, 7) is 6.37. The van der Waals surface area contributed by atoms with E-state index in [1.807, 2.05) is 39.0 Å². The van der Waals surface area contributed by atoms with Gasteiger partial charge in [-0.25, -0.2) is 9.48 Å². The lowest BCUT2D eigenvalue weighted by Crippen LogP contribution is -2.36. The SMILES string of the molecule is CCN(C(=O)Cn1nc2ccccn2c1=O)c1cc(C)cc(C)c1. The first-order valence-electron chi connectivity index (χ1n) is 7.92. The third-order valence-corrected chi connectivity index (χ3v) is 3.91. The van der Waals surface area contributed by atoms with Crippen LogP contribution in [0, 0.1) is 13.8 Å². The Bertz CT molecular complexity index is 935. The number of rotatable bonds is 4. The van der Waals surface area contributed by atoms with Crippen LogP contribution in [-0.2, 0) is 11.3 Å². The molecule has 1 amide bonds. The number of amides is 1. The maximum Gasteiger partial charge on any atom is 0.350 e. The number of anilines is 1. The maximum atomic E-state index is 12.7. The average molecular weight is 324 g/mol. The molecule has 0 bridgehead atoms. The van der Waals surface area contributed by atoms with Crippen LogP contribution in [0.25, 0.3) is 5.65 Å². The minimum atomic E-state index is -0.310. The molecule has 0 saturated heterocycles. The topological polar surface area (TPSA) is 59.6 Å². The molecule has 3 aromatic rings. The van der Waals surface area contributed by atoms with Crippen molar-refractivity contribution in [3.63, 3.8) is 0 Å². The van der Waals surface area contributed by atoms with Crippen LogP contribution in [-0.4, -0.2) is 26.6 Å². The molecule has 0 aliphatic carbocycles. The zero-order valence-corrected chi connectivity index (χ0v) is 14.1. The van der Waals surface area contributed by atoms with Gasteiger partial charge in [0.15, 0.2) is 5.65 Å². The van der Waals surface area contributed by atoms with Crippen molar-refractivity contribution in [2.75, 3.05) is 11.4 Å². The molecule has 0 spiro atoms. The summed E-state index contributed by atoms with van der Waals surface area (Å²) < 4.78 is 2.64. The Hall–Kier alpha value is -2.89. The van der Waals surface area contributed by atoms with Gasteiger partial charge in [-0.15, -0.1) is 5.10 Å². The van der Waals surface area contributed by atoms with E-state index in [-0.39, 0.29) is 18.1 Å². The van der Waals surface area contributed by atoms with Gasteiger partial charge in [0.2, 0.25) is 5.91 Å². The van der Waals surface area contributed by atoms with Crippen LogP contribution in [0.2, 0.25) is 0 Å². The second-order valence-electron chi connectivity index (χ2n) is 5.85. The predicted molar refractivity (Wildman–Crippen MR) is 93.4 cm³/mol. The van der Waals surface area contributed by atoms with Gasteiger partial charge in [-0.3, -0.25) is 9.20 Å². The number of likely N-dealkylation sites (N-methyl/N-ethyl adjacent to an activating group) is 1. The van der Waals surface area contributed by atoms with E-state index < -0.39 is 0 Å². The lowest BCUT2D eigenvalue weighted by Gasteiger charge is -2.21. The van der Waals surface area contributed by atoms with Crippen LogP contribution in [0.15, 0.2) is 47.4 Å². The molecule has 0 atom stereocenters. The Morgan fingerprint density at radius 3 is 2.50 bits per heavy atom. The van der Waals surface area contributed by atoms with Crippen molar-refractivity contribution in [2.45, 2.75) is 27.3 Å². The van der Waals surface area contributed by atoms with Crippen molar-refractivity contribution < 1.29 is 4.79 Å². The van der Waals surface area contributed by atoms with Crippen molar-refractivity contribution >= 4 is 17.2 Å². The van der Waals surface area contributed by atoms with Gasteiger partial charge in [0.05, 0.1) is 0 Å². The van der Waals surface area contributed by atoms with Crippen molar-refractivity contribution in [1.29, 1.82) is 0 Å². The first kappa shape index (κ1) is 16.0. The number of fused-ring (bicyclic) bond motifs is 1. The number of aryl methyl sites for hydroxylation is 2. The molecule has 0 N–H and O–H groups in total. The fourth-order valence-corrected chi connectivity index (χ4v) is 2.89. The molecular weight excluding hydrogens is 304 g/mol. The molecule has 124 valence electrons. The molecule has 0 aliphatic rings. The second kappa shape index (κ2) is 6.31. The number of nitrogens with zero attached hydrogens (tertiary/aromatic N) is 4. The molecule has 0 aliphatic heterocycles. The Balaban J connectivity index is 1.91. The normalized spacial score (nSPS) is 11.0. The summed E-state index contributed by atoms with van der Waals surface area (Å²) in [6, 6.07) is 11.3. The summed E-state index contributed by atoms with van der Waals surface area (Å²) >= 11 is 0. The number of hydrogen-bond acceptors (Lipinski definition) is 3. The number of benzene rings is 1. The van der Waals surface area contributed by atoms with Crippen LogP contribution >= 0.6 is 0 Å². The van der Waals surface area contributed by atoms with Crippen LogP contribution in [0.1, 0.15) is 18.1 Å². The molecule has 3 rings (SSSR count). The van der Waals surface area contributed by atoms with E-state index in [0.29, 0.717) is 12.2 Å². The molecule has 0 unspecified atom stereocenters. The highest BCUT2D eigenvalue weighted by atomic mass is 16.2. The van der Waals surface area contributed by atoms with E-state index in [4.69, 9.17) is 0 Å². The minimum Gasteiger partial charge on any atom is -0.311 e. The van der Waals surface area contributed by atoms with Gasteiger partial charge in [-0.2, -0.15) is 0 Å². The molecule has 6 nitrogen and oxygen atoms in total. The number of carbonyl (C=O) groups excluding carboxylic acids is 1. The number of carbonyl (C=O) groups is 1. The lowest BCUT2D eigenvalue weighted by molar-refractivity contribution is -0.119. The summed E-state index contributed by atoms with van der Waals surface area (Å²) in [5.41, 5.74) is 3.26. The molecule has 2 heterocycles. The Kier molecular flexibility index (Phi) is 4.20. The molecular formula is C18H20N4O2. The quantitative estimate of drug-likeness (QED) is 0.739. The van der Waals surface area contributed by atoms with E-state index in [0.717, 1.165) is 16.8 Å². The number of pyridine rings is 1. The van der Waals surface area contributed by atoms with Gasteiger partial charge in [-0.05, 0) is 56.2 Å². The zero-order chi connectivity index (χ0) is 17.3. The zero-order valence-electron chi connectivity index (χ0n) is 14.1. The summed E-state index contributed by atoms with van der Waals surface area (Å²) in [5.74, 6) is -0.159. The monoisotopic (exact) mass is 324 g/mol. The van der Waals surface area contributed by atoms with E-state index in [1.54, 1.807) is 23.2 Å². The van der Waals surface area contributed by atoms with Gasteiger partial charge in [0.1, 0.15) is 6.54 Å². The second-order valence-corrected chi connectivity index (χ2v) is 5.85. The molecule has 0 radical (unpaired) electrons. The van der Waals surface area contributed by atoms with E-state index in [1.165, 1.54) is 9.08 Å². The first-order valence-corrected chi connectivity index (χ1v) is 7.92. The van der Waals surface area contributed by atoms with Crippen molar-refractivity contribution in [3.8, 4) is 0 Å². The molecule has 0 saturated carbocycles. The van der Waals surface area contributed by atoms with E-state index >= 15 is 0 Å². The van der Waals surface area contributed by atoms with Crippen molar-refractivity contribution in [1.82, 2.24) is 14.2 Å². The van der Waals surface area contributed by atoms with Gasteiger partial charge in [0.25, 0.3) is 0 Å². The van der Waals surface area contributed by atoms with Gasteiger partial charge in [-0.1, -0.05) is 12.1 Å².